The highest BCUT2D eigenvalue weighted by Gasteiger charge is 2.32. The van der Waals surface area contributed by atoms with E-state index >= 15 is 0 Å². The van der Waals surface area contributed by atoms with Gasteiger partial charge in [-0.2, -0.15) is 0 Å². The number of hydrogen-bond donors (Lipinski definition) is 1. The summed E-state index contributed by atoms with van der Waals surface area (Å²) < 4.78 is 0. The maximum atomic E-state index is 5.84. The predicted molar refractivity (Wildman–Crippen MR) is 75.6 cm³/mol. The van der Waals surface area contributed by atoms with E-state index in [1.807, 2.05) is 0 Å². The molecule has 2 nitrogen and oxygen atoms in total. The molecule has 2 heteroatoms. The first-order chi connectivity index (χ1) is 8.79. The van der Waals surface area contributed by atoms with Crippen molar-refractivity contribution in [3.05, 3.63) is 35.4 Å². The number of benzene rings is 1. The first-order valence-corrected chi connectivity index (χ1v) is 7.28. The molecule has 0 radical (unpaired) electrons. The Bertz CT molecular complexity index is 411. The lowest BCUT2D eigenvalue weighted by atomic mass is 9.77. The fourth-order valence-electron chi connectivity index (χ4n) is 3.55. The standard InChI is InChI=1S/C16H24N2/c1-18-11-12(10-17)9-16(18)15-8-3-2-7-14(15)13-5-4-6-13/h2-3,7-8,12-13,16H,4-6,9-11,17H2,1H3. The summed E-state index contributed by atoms with van der Waals surface area (Å²) in [4.78, 5) is 2.50. The number of likely N-dealkylation sites (tertiary alicyclic amines) is 1. The van der Waals surface area contributed by atoms with Crippen molar-refractivity contribution in [3.63, 3.8) is 0 Å². The third-order valence-corrected chi connectivity index (χ3v) is 4.87. The molecule has 2 aliphatic rings. The van der Waals surface area contributed by atoms with E-state index in [-0.39, 0.29) is 0 Å². The van der Waals surface area contributed by atoms with Crippen molar-refractivity contribution in [2.45, 2.75) is 37.6 Å². The molecular formula is C16H24N2. The highest BCUT2D eigenvalue weighted by molar-refractivity contribution is 5.34. The van der Waals surface area contributed by atoms with E-state index in [2.05, 4.69) is 36.2 Å². The topological polar surface area (TPSA) is 29.3 Å². The second-order valence-electron chi connectivity index (χ2n) is 6.05. The van der Waals surface area contributed by atoms with Crippen molar-refractivity contribution in [1.29, 1.82) is 0 Å². The van der Waals surface area contributed by atoms with Gasteiger partial charge in [0, 0.05) is 12.6 Å². The van der Waals surface area contributed by atoms with Crippen LogP contribution in [0.4, 0.5) is 0 Å². The Labute approximate surface area is 110 Å². The second-order valence-corrected chi connectivity index (χ2v) is 6.05. The zero-order valence-corrected chi connectivity index (χ0v) is 11.3. The maximum Gasteiger partial charge on any atom is 0.0351 e. The monoisotopic (exact) mass is 244 g/mol. The van der Waals surface area contributed by atoms with Gasteiger partial charge in [0.15, 0.2) is 0 Å². The molecule has 2 atom stereocenters. The molecule has 0 bridgehead atoms. The molecule has 1 aromatic rings. The molecule has 1 saturated heterocycles. The Morgan fingerprint density at radius 1 is 1.22 bits per heavy atom. The first kappa shape index (κ1) is 12.2. The third kappa shape index (κ3) is 2.08. The van der Waals surface area contributed by atoms with Crippen LogP contribution in [-0.4, -0.2) is 25.0 Å². The molecule has 3 rings (SSSR count). The molecule has 2 fully saturated rings. The minimum absolute atomic E-state index is 0.593. The summed E-state index contributed by atoms with van der Waals surface area (Å²) in [7, 11) is 2.25. The average molecular weight is 244 g/mol. The van der Waals surface area contributed by atoms with E-state index in [1.54, 1.807) is 11.1 Å². The van der Waals surface area contributed by atoms with Gasteiger partial charge in [0.05, 0.1) is 0 Å². The average Bonchev–Trinajstić information content (AvgIpc) is 2.69. The molecule has 0 aromatic heterocycles. The Morgan fingerprint density at radius 2 is 1.94 bits per heavy atom. The van der Waals surface area contributed by atoms with E-state index in [9.17, 15) is 0 Å². The smallest absolute Gasteiger partial charge is 0.0351 e. The maximum absolute atomic E-state index is 5.84. The Morgan fingerprint density at radius 3 is 2.50 bits per heavy atom. The van der Waals surface area contributed by atoms with Crippen molar-refractivity contribution in [3.8, 4) is 0 Å². The van der Waals surface area contributed by atoms with Gasteiger partial charge in [-0.3, -0.25) is 4.90 Å². The van der Waals surface area contributed by atoms with Crippen LogP contribution in [0, 0.1) is 5.92 Å². The van der Waals surface area contributed by atoms with Crippen LogP contribution in [0.1, 0.15) is 48.8 Å². The van der Waals surface area contributed by atoms with Gasteiger partial charge >= 0.3 is 0 Å². The Kier molecular flexibility index (Phi) is 3.40. The number of nitrogens with zero attached hydrogens (tertiary/aromatic N) is 1. The summed E-state index contributed by atoms with van der Waals surface area (Å²) >= 11 is 0. The van der Waals surface area contributed by atoms with Crippen molar-refractivity contribution < 1.29 is 0 Å². The van der Waals surface area contributed by atoms with Gasteiger partial charge < -0.3 is 5.73 Å². The molecule has 1 aromatic carbocycles. The highest BCUT2D eigenvalue weighted by atomic mass is 15.2. The summed E-state index contributed by atoms with van der Waals surface area (Å²) in [5, 5.41) is 0. The molecule has 0 spiro atoms. The third-order valence-electron chi connectivity index (χ3n) is 4.87. The van der Waals surface area contributed by atoms with Crippen LogP contribution in [-0.2, 0) is 0 Å². The lowest BCUT2D eigenvalue weighted by molar-refractivity contribution is 0.308. The minimum Gasteiger partial charge on any atom is -0.330 e. The highest BCUT2D eigenvalue weighted by Crippen LogP contribution is 2.43. The predicted octanol–water partition coefficient (Wildman–Crippen LogP) is 2.91. The van der Waals surface area contributed by atoms with Gasteiger partial charge in [0.1, 0.15) is 0 Å². The molecular weight excluding hydrogens is 220 g/mol. The van der Waals surface area contributed by atoms with E-state index in [0.29, 0.717) is 12.0 Å². The van der Waals surface area contributed by atoms with E-state index in [0.717, 1.165) is 19.0 Å². The van der Waals surface area contributed by atoms with Gasteiger partial charge in [-0.25, -0.2) is 0 Å². The largest absolute Gasteiger partial charge is 0.330 e. The molecule has 2 unspecified atom stereocenters. The zero-order chi connectivity index (χ0) is 12.5. The second kappa shape index (κ2) is 5.02. The van der Waals surface area contributed by atoms with Crippen LogP contribution >= 0.6 is 0 Å². The summed E-state index contributed by atoms with van der Waals surface area (Å²) in [6, 6.07) is 9.68. The molecule has 1 heterocycles. The lowest BCUT2D eigenvalue weighted by Crippen LogP contribution is -2.22. The summed E-state index contributed by atoms with van der Waals surface area (Å²) in [6.45, 7) is 1.98. The molecule has 1 aliphatic carbocycles. The van der Waals surface area contributed by atoms with Crippen LogP contribution < -0.4 is 5.73 Å². The van der Waals surface area contributed by atoms with Gasteiger partial charge in [0.2, 0.25) is 0 Å². The van der Waals surface area contributed by atoms with Gasteiger partial charge in [-0.05, 0) is 55.8 Å². The van der Waals surface area contributed by atoms with E-state index in [4.69, 9.17) is 5.73 Å². The normalized spacial score (nSPS) is 29.4. The fourth-order valence-corrected chi connectivity index (χ4v) is 3.55. The van der Waals surface area contributed by atoms with Gasteiger partial charge in [0.25, 0.3) is 0 Å². The molecule has 98 valence electrons. The van der Waals surface area contributed by atoms with E-state index in [1.165, 1.54) is 25.7 Å². The van der Waals surface area contributed by atoms with Crippen molar-refractivity contribution in [2.75, 3.05) is 20.1 Å². The number of nitrogens with two attached hydrogens (primary N) is 1. The quantitative estimate of drug-likeness (QED) is 0.886. The van der Waals surface area contributed by atoms with Gasteiger partial charge in [-0.15, -0.1) is 0 Å². The molecule has 0 amide bonds. The number of rotatable bonds is 3. The van der Waals surface area contributed by atoms with Crippen LogP contribution in [0.5, 0.6) is 0 Å². The lowest BCUT2D eigenvalue weighted by Gasteiger charge is -2.31. The van der Waals surface area contributed by atoms with Crippen LogP contribution in [0.2, 0.25) is 0 Å². The van der Waals surface area contributed by atoms with Crippen LogP contribution in [0.15, 0.2) is 24.3 Å². The van der Waals surface area contributed by atoms with Crippen LogP contribution in [0.3, 0.4) is 0 Å². The summed E-state index contributed by atoms with van der Waals surface area (Å²) in [5.74, 6) is 1.50. The Balaban J connectivity index is 1.87. The van der Waals surface area contributed by atoms with E-state index < -0.39 is 0 Å². The van der Waals surface area contributed by atoms with Crippen molar-refractivity contribution >= 4 is 0 Å². The summed E-state index contributed by atoms with van der Waals surface area (Å²) in [6.07, 6.45) is 5.41. The Hall–Kier alpha value is -0.860. The van der Waals surface area contributed by atoms with Crippen LogP contribution in [0.25, 0.3) is 0 Å². The fraction of sp³-hybridized carbons (Fsp3) is 0.625. The van der Waals surface area contributed by atoms with Gasteiger partial charge in [-0.1, -0.05) is 30.7 Å². The minimum atomic E-state index is 0.593. The SMILES string of the molecule is CN1CC(CN)CC1c1ccccc1C1CCC1. The van der Waals surface area contributed by atoms with Crippen molar-refractivity contribution in [1.82, 2.24) is 4.90 Å². The molecule has 1 saturated carbocycles. The molecule has 1 aliphatic heterocycles. The molecule has 2 N–H and O–H groups in total. The number of hydrogen-bond acceptors (Lipinski definition) is 2. The molecule has 18 heavy (non-hydrogen) atoms. The zero-order valence-electron chi connectivity index (χ0n) is 11.3. The summed E-state index contributed by atoms with van der Waals surface area (Å²) in [5.41, 5.74) is 9.02. The first-order valence-electron chi connectivity index (χ1n) is 7.28. The van der Waals surface area contributed by atoms with Crippen molar-refractivity contribution in [2.24, 2.45) is 11.7 Å².